The van der Waals surface area contributed by atoms with E-state index in [0.29, 0.717) is 12.8 Å². The highest BCUT2D eigenvalue weighted by Gasteiger charge is 2.21. The number of amides is 1. The van der Waals surface area contributed by atoms with Crippen LogP contribution in [0.5, 0.6) is 0 Å². The monoisotopic (exact) mass is 362 g/mol. The van der Waals surface area contributed by atoms with Crippen molar-refractivity contribution in [1.82, 2.24) is 4.90 Å². The van der Waals surface area contributed by atoms with Crippen LogP contribution in [0.15, 0.2) is 71.4 Å². The number of hydrogen-bond donors (Lipinski definition) is 0. The van der Waals surface area contributed by atoms with E-state index in [1.807, 2.05) is 59.8 Å². The van der Waals surface area contributed by atoms with Gasteiger partial charge in [0.2, 0.25) is 5.91 Å². The predicted molar refractivity (Wildman–Crippen MR) is 104 cm³/mol. The molecule has 0 unspecified atom stereocenters. The SMILES string of the molecule is O=C(CCc1ccc(-c2ccccc2)o1)N1CCN(c2cc[nH+]cc2)CC1. The van der Waals surface area contributed by atoms with E-state index in [1.165, 1.54) is 5.69 Å². The summed E-state index contributed by atoms with van der Waals surface area (Å²) in [6.45, 7) is 3.28. The molecule has 1 aliphatic rings. The molecule has 5 heteroatoms. The average Bonchev–Trinajstić information content (AvgIpc) is 3.22. The van der Waals surface area contributed by atoms with Crippen LogP contribution in [0.25, 0.3) is 11.3 Å². The molecule has 1 saturated heterocycles. The summed E-state index contributed by atoms with van der Waals surface area (Å²) in [4.78, 5) is 19.9. The molecule has 0 saturated carbocycles. The lowest BCUT2D eigenvalue weighted by Gasteiger charge is -2.35. The van der Waals surface area contributed by atoms with Gasteiger partial charge in [-0.1, -0.05) is 30.3 Å². The number of piperazine rings is 1. The topological polar surface area (TPSA) is 50.8 Å². The first-order chi connectivity index (χ1) is 13.3. The summed E-state index contributed by atoms with van der Waals surface area (Å²) in [5.74, 6) is 1.92. The number of carbonyl (C=O) groups is 1. The summed E-state index contributed by atoms with van der Waals surface area (Å²) in [6, 6.07) is 18.1. The Kier molecular flexibility index (Phi) is 5.19. The standard InChI is InChI=1S/C22H23N3O2/c26-22(25-16-14-24(15-17-25)19-10-12-23-13-11-19)9-7-20-6-8-21(27-20)18-4-2-1-3-5-18/h1-6,8,10-13H,7,9,14-17H2/p+1. The van der Waals surface area contributed by atoms with Crippen LogP contribution < -0.4 is 9.88 Å². The normalized spacial score (nSPS) is 14.4. The van der Waals surface area contributed by atoms with Gasteiger partial charge in [-0.05, 0) is 12.1 Å². The van der Waals surface area contributed by atoms with Crippen molar-refractivity contribution in [2.24, 2.45) is 0 Å². The zero-order chi connectivity index (χ0) is 18.5. The molecule has 0 spiro atoms. The van der Waals surface area contributed by atoms with Crippen molar-refractivity contribution in [3.8, 4) is 11.3 Å². The first-order valence-electron chi connectivity index (χ1n) is 9.42. The first kappa shape index (κ1) is 17.3. The molecular formula is C22H24N3O2+. The summed E-state index contributed by atoms with van der Waals surface area (Å²) in [5, 5.41) is 0. The molecular weight excluding hydrogens is 338 g/mol. The van der Waals surface area contributed by atoms with Crippen molar-refractivity contribution in [2.45, 2.75) is 12.8 Å². The summed E-state index contributed by atoms with van der Waals surface area (Å²) in [7, 11) is 0. The second-order valence-corrected chi connectivity index (χ2v) is 6.76. The molecule has 138 valence electrons. The second-order valence-electron chi connectivity index (χ2n) is 6.76. The third-order valence-corrected chi connectivity index (χ3v) is 5.00. The number of H-pyrrole nitrogens is 1. The van der Waals surface area contributed by atoms with Gasteiger partial charge in [-0.2, -0.15) is 0 Å². The smallest absolute Gasteiger partial charge is 0.223 e. The van der Waals surface area contributed by atoms with Gasteiger partial charge in [0.1, 0.15) is 11.5 Å². The van der Waals surface area contributed by atoms with Crippen LogP contribution in [-0.2, 0) is 11.2 Å². The molecule has 0 radical (unpaired) electrons. The van der Waals surface area contributed by atoms with Gasteiger partial charge >= 0.3 is 0 Å². The van der Waals surface area contributed by atoms with Gasteiger partial charge in [0.05, 0.1) is 0 Å². The molecule has 1 amide bonds. The molecule has 2 aromatic heterocycles. The predicted octanol–water partition coefficient (Wildman–Crippen LogP) is 3.04. The van der Waals surface area contributed by atoms with E-state index in [-0.39, 0.29) is 5.91 Å². The summed E-state index contributed by atoms with van der Waals surface area (Å²) >= 11 is 0. The van der Waals surface area contributed by atoms with Gasteiger partial charge in [-0.3, -0.25) is 4.79 Å². The number of rotatable bonds is 5. The lowest BCUT2D eigenvalue weighted by atomic mass is 10.2. The minimum absolute atomic E-state index is 0.203. The van der Waals surface area contributed by atoms with Gasteiger partial charge in [0.15, 0.2) is 12.4 Å². The van der Waals surface area contributed by atoms with E-state index in [1.54, 1.807) is 0 Å². The largest absolute Gasteiger partial charge is 0.461 e. The Hall–Kier alpha value is -3.08. The van der Waals surface area contributed by atoms with Crippen molar-refractivity contribution in [2.75, 3.05) is 31.1 Å². The molecule has 3 aromatic rings. The Morgan fingerprint density at radius 1 is 0.926 bits per heavy atom. The Balaban J connectivity index is 1.27. The number of benzene rings is 1. The minimum atomic E-state index is 0.203. The van der Waals surface area contributed by atoms with Crippen LogP contribution in [-0.4, -0.2) is 37.0 Å². The molecule has 0 bridgehead atoms. The molecule has 1 fully saturated rings. The van der Waals surface area contributed by atoms with E-state index < -0.39 is 0 Å². The second kappa shape index (κ2) is 8.08. The number of carbonyl (C=O) groups excluding carboxylic acids is 1. The van der Waals surface area contributed by atoms with Gasteiger partial charge in [0, 0.05) is 62.4 Å². The third-order valence-electron chi connectivity index (χ3n) is 5.00. The average molecular weight is 362 g/mol. The fourth-order valence-corrected chi connectivity index (χ4v) is 3.46. The van der Waals surface area contributed by atoms with Gasteiger partial charge < -0.3 is 14.2 Å². The minimum Gasteiger partial charge on any atom is -0.461 e. The summed E-state index contributed by atoms with van der Waals surface area (Å²) < 4.78 is 5.90. The van der Waals surface area contributed by atoms with Gasteiger partial charge in [0.25, 0.3) is 0 Å². The third kappa shape index (κ3) is 4.19. The Morgan fingerprint density at radius 3 is 2.41 bits per heavy atom. The van der Waals surface area contributed by atoms with Crippen LogP contribution in [0.4, 0.5) is 5.69 Å². The Morgan fingerprint density at radius 2 is 1.67 bits per heavy atom. The summed E-state index contributed by atoms with van der Waals surface area (Å²) in [6.07, 6.45) is 4.99. The maximum Gasteiger partial charge on any atom is 0.223 e. The molecule has 1 aromatic carbocycles. The highest BCUT2D eigenvalue weighted by molar-refractivity contribution is 5.76. The van der Waals surface area contributed by atoms with Crippen LogP contribution in [0.3, 0.4) is 0 Å². The highest BCUT2D eigenvalue weighted by Crippen LogP contribution is 2.22. The van der Waals surface area contributed by atoms with Crippen LogP contribution in [0.2, 0.25) is 0 Å². The number of aromatic nitrogens is 1. The molecule has 3 heterocycles. The number of nitrogens with one attached hydrogen (secondary N) is 1. The quantitative estimate of drug-likeness (QED) is 0.701. The van der Waals surface area contributed by atoms with Crippen LogP contribution in [0.1, 0.15) is 12.2 Å². The molecule has 4 rings (SSSR count). The number of nitrogens with zero attached hydrogens (tertiary/aromatic N) is 2. The van der Waals surface area contributed by atoms with Crippen molar-refractivity contribution >= 4 is 11.6 Å². The molecule has 0 aliphatic carbocycles. The molecule has 0 atom stereocenters. The fraction of sp³-hybridized carbons (Fsp3) is 0.273. The van der Waals surface area contributed by atoms with Crippen molar-refractivity contribution in [3.05, 3.63) is 72.8 Å². The molecule has 27 heavy (non-hydrogen) atoms. The number of pyridine rings is 1. The van der Waals surface area contributed by atoms with Crippen LogP contribution in [0, 0.1) is 0 Å². The fourth-order valence-electron chi connectivity index (χ4n) is 3.46. The Bertz CT molecular complexity index is 869. The van der Waals surface area contributed by atoms with Crippen molar-refractivity contribution < 1.29 is 14.2 Å². The highest BCUT2D eigenvalue weighted by atomic mass is 16.3. The van der Waals surface area contributed by atoms with E-state index in [9.17, 15) is 4.79 Å². The van der Waals surface area contributed by atoms with E-state index in [4.69, 9.17) is 4.42 Å². The zero-order valence-corrected chi connectivity index (χ0v) is 15.3. The van der Waals surface area contributed by atoms with E-state index in [2.05, 4.69) is 22.0 Å². The van der Waals surface area contributed by atoms with Gasteiger partial charge in [-0.15, -0.1) is 0 Å². The van der Waals surface area contributed by atoms with Crippen LogP contribution >= 0.6 is 0 Å². The number of aryl methyl sites for hydroxylation is 1. The molecule has 5 nitrogen and oxygen atoms in total. The van der Waals surface area contributed by atoms with E-state index in [0.717, 1.165) is 43.3 Å². The number of aromatic amines is 1. The number of anilines is 1. The summed E-state index contributed by atoms with van der Waals surface area (Å²) in [5.41, 5.74) is 2.26. The van der Waals surface area contributed by atoms with E-state index >= 15 is 0 Å². The van der Waals surface area contributed by atoms with Gasteiger partial charge in [-0.25, -0.2) is 4.98 Å². The Labute approximate surface area is 159 Å². The first-order valence-corrected chi connectivity index (χ1v) is 9.42. The van der Waals surface area contributed by atoms with Crippen molar-refractivity contribution in [1.29, 1.82) is 0 Å². The lowest BCUT2D eigenvalue weighted by Crippen LogP contribution is -2.48. The number of hydrogen-bond acceptors (Lipinski definition) is 3. The zero-order valence-electron chi connectivity index (χ0n) is 15.3. The van der Waals surface area contributed by atoms with Crippen molar-refractivity contribution in [3.63, 3.8) is 0 Å². The molecule has 1 N–H and O–H groups in total. The lowest BCUT2D eigenvalue weighted by molar-refractivity contribution is -0.377. The maximum atomic E-state index is 12.6. The maximum absolute atomic E-state index is 12.6. The molecule has 1 aliphatic heterocycles. The number of furan rings is 1.